The normalized spacial score (nSPS) is 11.2. The van der Waals surface area contributed by atoms with Crippen molar-refractivity contribution in [3.05, 3.63) is 54.1 Å². The van der Waals surface area contributed by atoms with Crippen molar-refractivity contribution in [3.8, 4) is 17.6 Å². The second kappa shape index (κ2) is 7.85. The van der Waals surface area contributed by atoms with Gasteiger partial charge >= 0.3 is 0 Å². The van der Waals surface area contributed by atoms with Gasteiger partial charge in [-0.2, -0.15) is 5.26 Å². The summed E-state index contributed by atoms with van der Waals surface area (Å²) in [4.78, 5) is 12.1. The van der Waals surface area contributed by atoms with E-state index < -0.39 is 6.10 Å². The lowest BCUT2D eigenvalue weighted by Crippen LogP contribution is -2.30. The van der Waals surface area contributed by atoms with E-state index in [0.717, 1.165) is 11.3 Å². The molecule has 0 aliphatic heterocycles. The van der Waals surface area contributed by atoms with Crippen molar-refractivity contribution in [2.75, 3.05) is 12.4 Å². The number of nitrogens with one attached hydrogen (secondary N) is 1. The lowest BCUT2D eigenvalue weighted by Gasteiger charge is -2.15. The van der Waals surface area contributed by atoms with Crippen molar-refractivity contribution >= 4 is 11.6 Å². The number of benzene rings is 2. The molecule has 2 rings (SSSR count). The molecule has 2 aromatic carbocycles. The third-order valence-corrected chi connectivity index (χ3v) is 3.25. The van der Waals surface area contributed by atoms with Crippen LogP contribution < -0.4 is 14.8 Å². The summed E-state index contributed by atoms with van der Waals surface area (Å²) in [6, 6.07) is 16.3. The number of carbonyl (C=O) groups is 1. The Hall–Kier alpha value is -3.00. The Morgan fingerprint density at radius 3 is 2.30 bits per heavy atom. The molecule has 0 aromatic heterocycles. The molecule has 0 radical (unpaired) electrons. The predicted octanol–water partition coefficient (Wildman–Crippen LogP) is 3.17. The van der Waals surface area contributed by atoms with Crippen LogP contribution in [0.4, 0.5) is 5.69 Å². The van der Waals surface area contributed by atoms with E-state index in [4.69, 9.17) is 14.7 Å². The minimum atomic E-state index is -0.637. The van der Waals surface area contributed by atoms with Crippen LogP contribution in [0.1, 0.15) is 12.5 Å². The number of anilines is 1. The van der Waals surface area contributed by atoms with Crippen molar-refractivity contribution in [2.45, 2.75) is 19.4 Å². The van der Waals surface area contributed by atoms with Crippen LogP contribution in [-0.2, 0) is 11.2 Å². The van der Waals surface area contributed by atoms with Gasteiger partial charge in [-0.25, -0.2) is 0 Å². The molecule has 0 fully saturated rings. The Morgan fingerprint density at radius 1 is 1.13 bits per heavy atom. The SMILES string of the molecule is COc1ccc(OC(C)C(=O)Nc2ccc(CC#N)cc2)cc1. The van der Waals surface area contributed by atoms with Gasteiger partial charge in [0.2, 0.25) is 0 Å². The molecule has 1 atom stereocenters. The van der Waals surface area contributed by atoms with E-state index in [0.29, 0.717) is 17.9 Å². The van der Waals surface area contributed by atoms with Gasteiger partial charge < -0.3 is 14.8 Å². The maximum atomic E-state index is 12.1. The summed E-state index contributed by atoms with van der Waals surface area (Å²) < 4.78 is 10.7. The molecule has 118 valence electrons. The van der Waals surface area contributed by atoms with E-state index in [1.54, 1.807) is 50.4 Å². The molecule has 0 aliphatic rings. The van der Waals surface area contributed by atoms with Gasteiger partial charge in [-0.05, 0) is 48.9 Å². The number of hydrogen-bond acceptors (Lipinski definition) is 4. The molecule has 0 saturated heterocycles. The zero-order valence-corrected chi connectivity index (χ0v) is 13.1. The fourth-order valence-electron chi connectivity index (χ4n) is 1.95. The monoisotopic (exact) mass is 310 g/mol. The lowest BCUT2D eigenvalue weighted by atomic mass is 10.1. The molecule has 1 unspecified atom stereocenters. The average Bonchev–Trinajstić information content (AvgIpc) is 2.57. The zero-order valence-electron chi connectivity index (χ0n) is 13.1. The smallest absolute Gasteiger partial charge is 0.265 e. The van der Waals surface area contributed by atoms with Crippen LogP contribution in [0.2, 0.25) is 0 Å². The van der Waals surface area contributed by atoms with Crippen LogP contribution in [0.5, 0.6) is 11.5 Å². The summed E-state index contributed by atoms with van der Waals surface area (Å²) in [6.45, 7) is 1.68. The Labute approximate surface area is 135 Å². The number of carbonyl (C=O) groups excluding carboxylic acids is 1. The summed E-state index contributed by atoms with van der Waals surface area (Å²) >= 11 is 0. The summed E-state index contributed by atoms with van der Waals surface area (Å²) in [7, 11) is 1.59. The molecule has 0 aliphatic carbocycles. The first kappa shape index (κ1) is 16.4. The highest BCUT2D eigenvalue weighted by molar-refractivity contribution is 5.94. The first-order valence-electron chi connectivity index (χ1n) is 7.20. The van der Waals surface area contributed by atoms with E-state index in [1.807, 2.05) is 12.1 Å². The van der Waals surface area contributed by atoms with E-state index in [-0.39, 0.29) is 5.91 Å². The van der Waals surface area contributed by atoms with Crippen LogP contribution in [-0.4, -0.2) is 19.1 Å². The third-order valence-electron chi connectivity index (χ3n) is 3.25. The first-order chi connectivity index (χ1) is 11.1. The highest BCUT2D eigenvalue weighted by Gasteiger charge is 2.14. The van der Waals surface area contributed by atoms with Crippen LogP contribution >= 0.6 is 0 Å². The average molecular weight is 310 g/mol. The predicted molar refractivity (Wildman–Crippen MR) is 87.5 cm³/mol. The molecule has 0 bridgehead atoms. The Bertz CT molecular complexity index is 688. The Morgan fingerprint density at radius 2 is 1.74 bits per heavy atom. The topological polar surface area (TPSA) is 71.3 Å². The number of nitrogens with zero attached hydrogens (tertiary/aromatic N) is 1. The van der Waals surface area contributed by atoms with Gasteiger partial charge in [0.05, 0.1) is 19.6 Å². The molecule has 5 nitrogen and oxygen atoms in total. The lowest BCUT2D eigenvalue weighted by molar-refractivity contribution is -0.122. The molecule has 0 heterocycles. The second-order valence-corrected chi connectivity index (χ2v) is 4.96. The van der Waals surface area contributed by atoms with Gasteiger partial charge in [0.15, 0.2) is 6.10 Å². The molecular weight excluding hydrogens is 292 g/mol. The van der Waals surface area contributed by atoms with Gasteiger partial charge in [-0.3, -0.25) is 4.79 Å². The molecule has 23 heavy (non-hydrogen) atoms. The number of methoxy groups -OCH3 is 1. The highest BCUT2D eigenvalue weighted by atomic mass is 16.5. The quantitative estimate of drug-likeness (QED) is 0.889. The molecule has 1 amide bonds. The van der Waals surface area contributed by atoms with E-state index in [2.05, 4.69) is 11.4 Å². The van der Waals surface area contributed by atoms with Crippen LogP contribution in [0.3, 0.4) is 0 Å². The molecule has 0 spiro atoms. The fraction of sp³-hybridized carbons (Fsp3) is 0.222. The summed E-state index contributed by atoms with van der Waals surface area (Å²) in [6.07, 6.45) is -0.284. The molecule has 1 N–H and O–H groups in total. The van der Waals surface area contributed by atoms with Gasteiger partial charge in [0.25, 0.3) is 5.91 Å². The minimum absolute atomic E-state index is 0.242. The van der Waals surface area contributed by atoms with Crippen molar-refractivity contribution in [1.29, 1.82) is 5.26 Å². The molecule has 2 aromatic rings. The van der Waals surface area contributed by atoms with Crippen molar-refractivity contribution in [1.82, 2.24) is 0 Å². The van der Waals surface area contributed by atoms with Gasteiger partial charge in [0, 0.05) is 5.69 Å². The maximum absolute atomic E-state index is 12.1. The fourth-order valence-corrected chi connectivity index (χ4v) is 1.95. The number of hydrogen-bond donors (Lipinski definition) is 1. The van der Waals surface area contributed by atoms with Gasteiger partial charge in [-0.1, -0.05) is 12.1 Å². The first-order valence-corrected chi connectivity index (χ1v) is 7.20. The van der Waals surface area contributed by atoms with E-state index >= 15 is 0 Å². The second-order valence-electron chi connectivity index (χ2n) is 4.96. The molecule has 5 heteroatoms. The van der Waals surface area contributed by atoms with Crippen LogP contribution in [0.25, 0.3) is 0 Å². The third kappa shape index (κ3) is 4.75. The largest absolute Gasteiger partial charge is 0.497 e. The van der Waals surface area contributed by atoms with E-state index in [9.17, 15) is 4.79 Å². The summed E-state index contributed by atoms with van der Waals surface area (Å²) in [5.41, 5.74) is 1.58. The van der Waals surface area contributed by atoms with E-state index in [1.165, 1.54) is 0 Å². The Kier molecular flexibility index (Phi) is 5.59. The zero-order chi connectivity index (χ0) is 16.7. The number of amides is 1. The van der Waals surface area contributed by atoms with Crippen molar-refractivity contribution < 1.29 is 14.3 Å². The minimum Gasteiger partial charge on any atom is -0.497 e. The van der Waals surface area contributed by atoms with Crippen LogP contribution in [0.15, 0.2) is 48.5 Å². The van der Waals surface area contributed by atoms with Gasteiger partial charge in [0.1, 0.15) is 11.5 Å². The number of ether oxygens (including phenoxy) is 2. The number of rotatable bonds is 6. The summed E-state index contributed by atoms with van der Waals surface area (Å²) in [5, 5.41) is 11.4. The highest BCUT2D eigenvalue weighted by Crippen LogP contribution is 2.18. The maximum Gasteiger partial charge on any atom is 0.265 e. The summed E-state index contributed by atoms with van der Waals surface area (Å²) in [5.74, 6) is 1.08. The van der Waals surface area contributed by atoms with Crippen molar-refractivity contribution in [2.24, 2.45) is 0 Å². The van der Waals surface area contributed by atoms with Crippen LogP contribution in [0, 0.1) is 11.3 Å². The molecule has 0 saturated carbocycles. The number of nitriles is 1. The molecular formula is C18H18N2O3. The Balaban J connectivity index is 1.92. The van der Waals surface area contributed by atoms with Crippen molar-refractivity contribution in [3.63, 3.8) is 0 Å². The standard InChI is InChI=1S/C18H18N2O3/c1-13(23-17-9-7-16(22-2)8-10-17)18(21)20-15-5-3-14(4-6-15)11-12-19/h3-10,13H,11H2,1-2H3,(H,20,21). The van der Waals surface area contributed by atoms with Gasteiger partial charge in [-0.15, -0.1) is 0 Å².